The van der Waals surface area contributed by atoms with Gasteiger partial charge in [0.15, 0.2) is 36.2 Å². The molecule has 3 fully saturated rings. The van der Waals surface area contributed by atoms with Crippen molar-refractivity contribution in [3.63, 3.8) is 0 Å². The van der Waals surface area contributed by atoms with Gasteiger partial charge in [-0.15, -0.1) is 0 Å². The number of phenols is 3. The molecule has 11 bridgehead atoms. The van der Waals surface area contributed by atoms with Crippen molar-refractivity contribution in [3.05, 3.63) is 147 Å². The molecule has 0 spiro atoms. The van der Waals surface area contributed by atoms with Crippen LogP contribution in [0.1, 0.15) is 138 Å². The number of fused-ring (bicyclic) bond motifs is 15. The van der Waals surface area contributed by atoms with Crippen molar-refractivity contribution in [1.29, 1.82) is 0 Å². The van der Waals surface area contributed by atoms with Gasteiger partial charge in [-0.1, -0.05) is 67.4 Å². The van der Waals surface area contributed by atoms with Gasteiger partial charge in [0, 0.05) is 53.2 Å². The summed E-state index contributed by atoms with van der Waals surface area (Å²) in [6.45, 7) is 11.3. The third-order valence-electron chi connectivity index (χ3n) is 22.0. The minimum absolute atomic E-state index is 0.116. The standard InChI is InChI=1S/C82H98Cl2N10O27/c1-9-113-42-15-10-36(11-16-42)31-88-82(7)30-58(115-35(5)72(82)104)120-70-67(102)66(101)55(32-95)118-80(70)121-69-53-24-40-25-54(69)117-52-19-14-39(23-46(52)84)68(119-57-29-81(6,86)71(103)34(4)114-57)64-78(110)92-62(79(111)112)44-26-41(96)27-50(98)59(44)43-21-37(12-17-49(43)97)60(75(107)94-64)91-76(108)61(40)90-74(106)48(28-56(85)99)89-77(109)63(93-73(105)47(87-8)20-33(2)3)65(100)38-13-18-51(116-53)45(83)22-38/h10-19,21-27,33-35,47-48,55,57-58,60-68,70-72,80,87-88,95-98,100-104H,9,20,28-32,86H2,1-8H3,(H2,85,99)(H,89,109)(H,90,106)(H,91,108)(H,92,110)(H,93,105)(H,94,107)(H,111,112)/t34-,35-,47+,48-,55+,57-,58-,60+,61+,62?,63+,64-,65+,66+,67-,68+,70+,71-,72-,80-,81-,82-/m0/s1. The molecule has 121 heavy (non-hydrogen) atoms. The van der Waals surface area contributed by atoms with Crippen molar-refractivity contribution in [2.24, 2.45) is 17.4 Å². The van der Waals surface area contributed by atoms with E-state index in [1.54, 1.807) is 26.0 Å². The van der Waals surface area contributed by atoms with Gasteiger partial charge in [-0.25, -0.2) is 4.79 Å². The van der Waals surface area contributed by atoms with Crippen LogP contribution in [0.15, 0.2) is 103 Å². The first-order valence-electron chi connectivity index (χ1n) is 39.0. The second kappa shape index (κ2) is 37.2. The number of aliphatic hydroxyl groups excluding tert-OH is 6. The van der Waals surface area contributed by atoms with E-state index in [2.05, 4.69) is 42.5 Å². The molecule has 22 atom stereocenters. The third-order valence-corrected chi connectivity index (χ3v) is 22.6. The number of carboxylic acids is 1. The zero-order valence-electron chi connectivity index (χ0n) is 66.7. The van der Waals surface area contributed by atoms with Crippen LogP contribution in [-0.4, -0.2) is 222 Å². The number of rotatable bonds is 20. The largest absolute Gasteiger partial charge is 0.508 e. The van der Waals surface area contributed by atoms with E-state index >= 15 is 24.0 Å². The number of aliphatic carboxylic acids is 1. The average Bonchev–Trinajstić information content (AvgIpc) is 0.760. The Morgan fingerprint density at radius 1 is 0.669 bits per heavy atom. The van der Waals surface area contributed by atoms with Gasteiger partial charge in [-0.2, -0.15) is 0 Å². The van der Waals surface area contributed by atoms with Crippen LogP contribution in [0.25, 0.3) is 11.1 Å². The first-order chi connectivity index (χ1) is 57.3. The predicted molar refractivity (Wildman–Crippen MR) is 426 cm³/mol. The fourth-order valence-corrected chi connectivity index (χ4v) is 16.0. The molecule has 1 unspecified atom stereocenters. The van der Waals surface area contributed by atoms with E-state index in [9.17, 15) is 65.4 Å². The number of carbonyl (C=O) groups excluding carboxylic acids is 7. The SMILES string of the molecule is CCOc1ccc(CN[C@@]2(C)C[C@H](O[C@H]3[C@H](Oc4c5cc6cc4Oc4ccc(cc4Cl)[C@@H](O[C@H]4C[C@](C)(N)[C@@H](O)[C@H](C)O4)[C@@H]4NC(=O)[C@H](NC(=O)[C@@H]6NC(=O)[C@H](CC(N)=O)NC(=O)[C@H](NC(=O)[C@@H](CC(C)C)NC)[C@H](O)c6ccc(c(Cl)c6)O5)c5ccc(O)c(c5)-c5c(O)cc(O)cc5C(C(=O)O)NC4=O)O[C@H](CO)[C@@H](O)[C@@H]3O)O[C@@H](C)[C@@H]2O)cc1. The zero-order chi connectivity index (χ0) is 87.7. The van der Waals surface area contributed by atoms with E-state index < -0.39 is 261 Å². The number of aliphatic hydroxyl groups is 6. The molecule has 0 saturated carbocycles. The fourth-order valence-electron chi connectivity index (χ4n) is 15.6. The van der Waals surface area contributed by atoms with E-state index in [0.717, 1.165) is 54.1 Å². The number of amides is 7. The van der Waals surface area contributed by atoms with Crippen molar-refractivity contribution < 1.29 is 132 Å². The maximum atomic E-state index is 16.5. The highest BCUT2D eigenvalue weighted by atomic mass is 35.5. The summed E-state index contributed by atoms with van der Waals surface area (Å²) in [4.78, 5) is 121. The van der Waals surface area contributed by atoms with Gasteiger partial charge in [0.2, 0.25) is 53.4 Å². The Kier molecular flexibility index (Phi) is 27.6. The number of likely N-dealkylation sites (N-methyl/N-ethyl adjacent to an activating group) is 1. The summed E-state index contributed by atoms with van der Waals surface area (Å²) < 4.78 is 58.4. The van der Waals surface area contributed by atoms with E-state index in [1.807, 2.05) is 32.9 Å². The highest BCUT2D eigenvalue weighted by Crippen LogP contribution is 2.51. The molecule has 3 saturated heterocycles. The van der Waals surface area contributed by atoms with Crippen LogP contribution in [0.2, 0.25) is 10.0 Å². The number of phenolic OH excluding ortho intramolecular Hbond substituents is 3. The number of hydrogen-bond donors (Lipinski definition) is 20. The summed E-state index contributed by atoms with van der Waals surface area (Å²) in [6, 6.07) is 6.82. The number of aromatic hydroxyl groups is 3. The van der Waals surface area contributed by atoms with Crippen LogP contribution in [0.3, 0.4) is 0 Å². The quantitative estimate of drug-likeness (QED) is 0.0522. The summed E-state index contributed by atoms with van der Waals surface area (Å²) in [5.41, 5.74) is 7.78. The van der Waals surface area contributed by atoms with Gasteiger partial charge < -0.3 is 148 Å². The summed E-state index contributed by atoms with van der Waals surface area (Å²) in [7, 11) is 1.48. The van der Waals surface area contributed by atoms with E-state index in [0.29, 0.717) is 12.4 Å². The first kappa shape index (κ1) is 89.9. The topological polar surface area (TPSA) is 570 Å². The predicted octanol–water partition coefficient (Wildman–Crippen LogP) is 2.57. The van der Waals surface area contributed by atoms with Crippen LogP contribution in [0.5, 0.6) is 51.7 Å². The Labute approximate surface area is 702 Å². The van der Waals surface area contributed by atoms with E-state index in [1.165, 1.54) is 51.2 Å². The first-order valence-corrected chi connectivity index (χ1v) is 39.8. The molecule has 0 aliphatic carbocycles. The van der Waals surface area contributed by atoms with Crippen molar-refractivity contribution >= 4 is 70.5 Å². The van der Waals surface area contributed by atoms with Crippen LogP contribution in [0.4, 0.5) is 0 Å². The summed E-state index contributed by atoms with van der Waals surface area (Å²) in [5.74, 6) is -15.5. The van der Waals surface area contributed by atoms with E-state index in [-0.39, 0.29) is 59.2 Å². The van der Waals surface area contributed by atoms with Gasteiger partial charge in [0.05, 0.1) is 60.1 Å². The van der Waals surface area contributed by atoms with Crippen LogP contribution in [0, 0.1) is 5.92 Å². The van der Waals surface area contributed by atoms with Gasteiger partial charge in [0.1, 0.15) is 95.2 Å². The van der Waals surface area contributed by atoms with Gasteiger partial charge in [0.25, 0.3) is 0 Å². The third kappa shape index (κ3) is 19.8. The van der Waals surface area contributed by atoms with Crippen molar-refractivity contribution in [3.8, 4) is 62.9 Å². The Morgan fingerprint density at radius 2 is 1.28 bits per heavy atom. The number of ether oxygens (including phenoxy) is 9. The fraction of sp³-hybridized carbons (Fsp3) is 0.463. The molecule has 8 aliphatic heterocycles. The molecule has 7 amide bonds. The molecule has 39 heteroatoms. The van der Waals surface area contributed by atoms with Crippen LogP contribution < -0.4 is 72.9 Å². The van der Waals surface area contributed by atoms with Crippen molar-refractivity contribution in [1.82, 2.24) is 42.5 Å². The molecule has 14 rings (SSSR count). The summed E-state index contributed by atoms with van der Waals surface area (Å²) in [6.07, 6.45) is -22.8. The molecule has 6 aromatic rings. The second-order valence-corrected chi connectivity index (χ2v) is 32.4. The Balaban J connectivity index is 1.09. The summed E-state index contributed by atoms with van der Waals surface area (Å²) in [5, 5.41) is 137. The maximum absolute atomic E-state index is 16.5. The molecule has 0 radical (unpaired) electrons. The van der Waals surface area contributed by atoms with Crippen molar-refractivity contribution in [2.45, 2.75) is 214 Å². The van der Waals surface area contributed by atoms with Crippen molar-refractivity contribution in [2.75, 3.05) is 20.3 Å². The number of hydrogen-bond acceptors (Lipinski definition) is 29. The van der Waals surface area contributed by atoms with Crippen LogP contribution >= 0.6 is 23.2 Å². The smallest absolute Gasteiger partial charge is 0.330 e. The molecule has 37 nitrogen and oxygen atoms in total. The molecule has 652 valence electrons. The number of nitrogens with two attached hydrogens (primary N) is 2. The molecule has 6 aromatic carbocycles. The maximum Gasteiger partial charge on any atom is 0.330 e. The number of benzene rings is 6. The monoisotopic (exact) mass is 1720 g/mol. The Morgan fingerprint density at radius 3 is 1.89 bits per heavy atom. The number of carbonyl (C=O) groups is 8. The number of nitrogens with one attached hydrogen (secondary N) is 8. The number of primary amides is 1. The summed E-state index contributed by atoms with van der Waals surface area (Å²) >= 11 is 14.6. The molecule has 8 heterocycles. The van der Waals surface area contributed by atoms with Crippen LogP contribution in [-0.2, 0) is 68.6 Å². The lowest BCUT2D eigenvalue weighted by Gasteiger charge is -2.48. The second-order valence-electron chi connectivity index (χ2n) is 31.6. The molecule has 22 N–H and O–H groups in total. The normalized spacial score (nSPS) is 30.3. The molecular weight excluding hydrogens is 1630 g/mol. The van der Waals surface area contributed by atoms with Gasteiger partial charge in [-0.3, -0.25) is 33.6 Å². The molecule has 8 aliphatic rings. The molecular formula is C82H98Cl2N10O27. The lowest BCUT2D eigenvalue weighted by molar-refractivity contribution is -0.334. The minimum atomic E-state index is -2.39. The zero-order valence-corrected chi connectivity index (χ0v) is 68.2. The Bertz CT molecular complexity index is 4900. The Hall–Kier alpha value is -10.3. The van der Waals surface area contributed by atoms with E-state index in [4.69, 9.17) is 77.3 Å². The average molecular weight is 1730 g/mol. The lowest BCUT2D eigenvalue weighted by atomic mass is 9.84. The minimum Gasteiger partial charge on any atom is -0.508 e. The highest BCUT2D eigenvalue weighted by molar-refractivity contribution is 6.32. The van der Waals surface area contributed by atoms with Gasteiger partial charge in [-0.05, 0) is 149 Å². The number of carboxylic acid groups (broad SMARTS) is 1. The van der Waals surface area contributed by atoms with Gasteiger partial charge >= 0.3 is 5.97 Å². The highest BCUT2D eigenvalue weighted by Gasteiger charge is 2.53. The number of halogens is 2. The lowest BCUT2D eigenvalue weighted by Crippen LogP contribution is -2.65. The molecule has 0 aromatic heterocycles.